The third-order valence-electron chi connectivity index (χ3n) is 2.49. The molecule has 0 saturated carbocycles. The highest BCUT2D eigenvalue weighted by molar-refractivity contribution is 14.1. The van der Waals surface area contributed by atoms with Gasteiger partial charge in [0.25, 0.3) is 10.1 Å². The molecule has 0 aliphatic rings. The van der Waals surface area contributed by atoms with Crippen LogP contribution in [-0.2, 0) is 22.6 Å². The van der Waals surface area contributed by atoms with E-state index in [1.165, 1.54) is 6.07 Å². The molecular formula is C14H18ClFINO5S. The van der Waals surface area contributed by atoms with Gasteiger partial charge in [0, 0.05) is 5.02 Å². The second kappa shape index (κ2) is 7.71. The Bertz CT molecular complexity index is 702. The highest BCUT2D eigenvalue weighted by Gasteiger charge is 2.35. The molecule has 0 saturated heterocycles. The molecule has 0 aromatic heterocycles. The Kier molecular flexibility index (Phi) is 6.87. The first-order valence-corrected chi connectivity index (χ1v) is 9.99. The molecule has 0 bridgehead atoms. The van der Waals surface area contributed by atoms with Crippen molar-refractivity contribution >= 4 is 50.4 Å². The lowest BCUT2D eigenvalue weighted by molar-refractivity contribution is 0.0479. The molecule has 0 spiro atoms. The van der Waals surface area contributed by atoms with Crippen LogP contribution in [0.3, 0.4) is 0 Å². The average Bonchev–Trinajstić information content (AvgIpc) is 2.32. The van der Waals surface area contributed by atoms with Gasteiger partial charge in [-0.15, -0.1) is 0 Å². The van der Waals surface area contributed by atoms with Crippen LogP contribution in [0.25, 0.3) is 0 Å². The van der Waals surface area contributed by atoms with Crippen LogP contribution in [0, 0.1) is 5.82 Å². The van der Waals surface area contributed by atoms with Crippen LogP contribution in [0.1, 0.15) is 26.3 Å². The van der Waals surface area contributed by atoms with E-state index in [2.05, 4.69) is 5.32 Å². The van der Waals surface area contributed by atoms with Crippen molar-refractivity contribution in [3.63, 3.8) is 0 Å². The number of alkyl halides is 1. The zero-order valence-corrected chi connectivity index (χ0v) is 17.3. The molecule has 1 aromatic carbocycles. The van der Waals surface area contributed by atoms with Gasteiger partial charge in [0.1, 0.15) is 21.6 Å². The lowest BCUT2D eigenvalue weighted by Crippen LogP contribution is -2.47. The summed E-state index contributed by atoms with van der Waals surface area (Å²) in [5, 5.41) is 2.60. The van der Waals surface area contributed by atoms with E-state index in [-0.39, 0.29) is 10.6 Å². The van der Waals surface area contributed by atoms with Crippen LogP contribution in [0.4, 0.5) is 9.18 Å². The number of hydrogen-bond donors (Lipinski definition) is 1. The smallest absolute Gasteiger partial charge is 0.409 e. The molecule has 0 heterocycles. The topological polar surface area (TPSA) is 81.7 Å². The normalized spacial score (nSPS) is 14.8. The van der Waals surface area contributed by atoms with Crippen molar-refractivity contribution in [3.8, 4) is 0 Å². The summed E-state index contributed by atoms with van der Waals surface area (Å²) in [5.74, 6) is -0.635. The van der Waals surface area contributed by atoms with E-state index < -0.39 is 37.8 Å². The van der Waals surface area contributed by atoms with E-state index >= 15 is 0 Å². The van der Waals surface area contributed by atoms with Crippen LogP contribution in [0.2, 0.25) is 5.02 Å². The molecule has 24 heavy (non-hydrogen) atoms. The Morgan fingerprint density at radius 2 is 1.92 bits per heavy atom. The SMILES string of the molecule is CC(C)(C)OC(=O)N[C@@](I)(COS(C)(=O)=O)c1cc(F)cc(Cl)c1. The molecule has 1 aromatic rings. The summed E-state index contributed by atoms with van der Waals surface area (Å²) < 4.78 is 44.8. The van der Waals surface area contributed by atoms with Crippen LogP contribution < -0.4 is 5.32 Å². The Balaban J connectivity index is 3.17. The van der Waals surface area contributed by atoms with Gasteiger partial charge in [0.15, 0.2) is 0 Å². The van der Waals surface area contributed by atoms with Crippen molar-refractivity contribution in [1.29, 1.82) is 0 Å². The van der Waals surface area contributed by atoms with E-state index in [1.807, 2.05) is 0 Å². The summed E-state index contributed by atoms with van der Waals surface area (Å²) in [6.07, 6.45) is 0.0604. The van der Waals surface area contributed by atoms with Crippen molar-refractivity contribution in [2.45, 2.75) is 29.9 Å². The highest BCUT2D eigenvalue weighted by atomic mass is 127. The number of carbonyl (C=O) groups is 1. The average molecular weight is 494 g/mol. The number of hydrogen-bond acceptors (Lipinski definition) is 5. The monoisotopic (exact) mass is 493 g/mol. The van der Waals surface area contributed by atoms with Gasteiger partial charge < -0.3 is 10.1 Å². The lowest BCUT2D eigenvalue weighted by Gasteiger charge is -2.30. The van der Waals surface area contributed by atoms with Crippen molar-refractivity contribution in [1.82, 2.24) is 5.32 Å². The second-order valence-corrected chi connectivity index (χ2v) is 9.97. The van der Waals surface area contributed by atoms with Crippen molar-refractivity contribution in [3.05, 3.63) is 34.6 Å². The first-order valence-electron chi connectivity index (χ1n) is 6.71. The molecule has 0 radical (unpaired) electrons. The number of carbonyl (C=O) groups excluding carboxylic acids is 1. The molecule has 6 nitrogen and oxygen atoms in total. The Labute approximate surface area is 159 Å². The molecule has 1 atom stereocenters. The van der Waals surface area contributed by atoms with Crippen LogP contribution in [-0.4, -0.2) is 33.0 Å². The summed E-state index contributed by atoms with van der Waals surface area (Å²) in [5.41, 5.74) is -0.540. The van der Waals surface area contributed by atoms with E-state index in [9.17, 15) is 17.6 Å². The number of amides is 1. The predicted molar refractivity (Wildman–Crippen MR) is 97.3 cm³/mol. The molecule has 0 unspecified atom stereocenters. The van der Waals surface area contributed by atoms with Crippen LogP contribution >= 0.6 is 34.2 Å². The fourth-order valence-electron chi connectivity index (χ4n) is 1.63. The maximum Gasteiger partial charge on any atom is 0.409 e. The molecule has 136 valence electrons. The molecule has 1 N–H and O–H groups in total. The van der Waals surface area contributed by atoms with Gasteiger partial charge in [-0.25, -0.2) is 9.18 Å². The van der Waals surface area contributed by atoms with Crippen LogP contribution in [0.15, 0.2) is 18.2 Å². The van der Waals surface area contributed by atoms with Crippen molar-refractivity contribution < 1.29 is 26.5 Å². The standard InChI is InChI=1S/C14H18ClFINO5S/c1-13(2,3)23-12(19)18-14(17,8-22-24(4,20)21)9-5-10(15)7-11(16)6-9/h5-7H,8H2,1-4H3,(H,18,19)/t14-/m0/s1. The minimum absolute atomic E-state index is 0.0939. The number of nitrogens with one attached hydrogen (secondary N) is 1. The zero-order valence-electron chi connectivity index (χ0n) is 13.5. The van der Waals surface area contributed by atoms with Gasteiger partial charge >= 0.3 is 6.09 Å². The molecule has 0 aliphatic heterocycles. The van der Waals surface area contributed by atoms with E-state index in [1.54, 1.807) is 43.4 Å². The summed E-state index contributed by atoms with van der Waals surface area (Å²) >= 11 is 7.60. The lowest BCUT2D eigenvalue weighted by atomic mass is 10.1. The largest absolute Gasteiger partial charge is 0.444 e. The Hall–Kier alpha value is -0.650. The number of ether oxygens (including phenoxy) is 1. The first kappa shape index (κ1) is 21.4. The van der Waals surface area contributed by atoms with Gasteiger partial charge in [-0.2, -0.15) is 8.42 Å². The number of benzene rings is 1. The molecular weight excluding hydrogens is 476 g/mol. The van der Waals surface area contributed by atoms with Gasteiger partial charge in [-0.3, -0.25) is 4.18 Å². The molecule has 0 fully saturated rings. The quantitative estimate of drug-likeness (QED) is 0.294. The summed E-state index contributed by atoms with van der Waals surface area (Å²) in [6.45, 7) is 4.56. The second-order valence-electron chi connectivity index (χ2n) is 6.05. The Morgan fingerprint density at radius 1 is 1.33 bits per heavy atom. The number of halogens is 3. The van der Waals surface area contributed by atoms with Crippen molar-refractivity contribution in [2.24, 2.45) is 0 Å². The summed E-state index contributed by atoms with van der Waals surface area (Å²) in [7, 11) is -3.78. The fourth-order valence-corrected chi connectivity index (χ4v) is 3.14. The van der Waals surface area contributed by atoms with E-state index in [4.69, 9.17) is 20.5 Å². The number of alkyl carbamates (subject to hydrolysis) is 1. The van der Waals surface area contributed by atoms with E-state index in [0.717, 1.165) is 18.4 Å². The molecule has 0 aliphatic carbocycles. The fraction of sp³-hybridized carbons (Fsp3) is 0.500. The predicted octanol–water partition coefficient (Wildman–Crippen LogP) is 3.57. The van der Waals surface area contributed by atoms with Crippen LogP contribution in [0.5, 0.6) is 0 Å². The zero-order chi connectivity index (χ0) is 18.8. The first-order chi connectivity index (χ1) is 10.7. The maximum absolute atomic E-state index is 13.7. The highest BCUT2D eigenvalue weighted by Crippen LogP contribution is 2.33. The van der Waals surface area contributed by atoms with Gasteiger partial charge in [-0.1, -0.05) is 11.6 Å². The molecule has 1 amide bonds. The minimum atomic E-state index is -3.78. The summed E-state index contributed by atoms with van der Waals surface area (Å²) in [4.78, 5) is 12.1. The van der Waals surface area contributed by atoms with Gasteiger partial charge in [0.05, 0.1) is 6.26 Å². The molecule has 10 heteroatoms. The number of rotatable bonds is 5. The van der Waals surface area contributed by atoms with E-state index in [0.29, 0.717) is 0 Å². The van der Waals surface area contributed by atoms with Crippen molar-refractivity contribution in [2.75, 3.05) is 12.9 Å². The summed E-state index contributed by atoms with van der Waals surface area (Å²) in [6, 6.07) is 3.62. The third kappa shape index (κ3) is 7.49. The minimum Gasteiger partial charge on any atom is -0.444 e. The Morgan fingerprint density at radius 3 is 2.38 bits per heavy atom. The molecule has 1 rings (SSSR count). The van der Waals surface area contributed by atoms with Gasteiger partial charge in [0.2, 0.25) is 0 Å². The maximum atomic E-state index is 13.7. The van der Waals surface area contributed by atoms with Gasteiger partial charge in [-0.05, 0) is 67.1 Å². The third-order valence-corrected chi connectivity index (χ3v) is 4.46.